The lowest BCUT2D eigenvalue weighted by Gasteiger charge is -2.37. The lowest BCUT2D eigenvalue weighted by molar-refractivity contribution is 0.122. The maximum absolute atomic E-state index is 6.99. The molecule has 2 heterocycles. The highest BCUT2D eigenvalue weighted by molar-refractivity contribution is 6.02. The van der Waals surface area contributed by atoms with Crippen LogP contribution >= 0.6 is 0 Å². The van der Waals surface area contributed by atoms with Crippen LogP contribution in [0.2, 0.25) is 0 Å². The van der Waals surface area contributed by atoms with Crippen LogP contribution in [0, 0.1) is 0 Å². The summed E-state index contributed by atoms with van der Waals surface area (Å²) in [7, 11) is 0. The Bertz CT molecular complexity index is 1240. The number of hydrogen-bond acceptors (Lipinski definition) is 3. The van der Waals surface area contributed by atoms with E-state index in [1.165, 1.54) is 16.5 Å². The fourth-order valence-electron chi connectivity index (χ4n) is 4.93. The van der Waals surface area contributed by atoms with Crippen molar-refractivity contribution in [1.82, 2.24) is 0 Å². The third-order valence-corrected chi connectivity index (χ3v) is 6.54. The SMILES string of the molecule is C1=CC(c2ccccc2)(c2ccccc2)Oc2cc(N3CCOCC3)c3ccccc3c21. The van der Waals surface area contributed by atoms with Crippen molar-refractivity contribution in [3.05, 3.63) is 114 Å². The quantitative estimate of drug-likeness (QED) is 0.405. The molecule has 2 aliphatic rings. The van der Waals surface area contributed by atoms with E-state index in [1.54, 1.807) is 0 Å². The molecule has 3 heteroatoms. The van der Waals surface area contributed by atoms with Crippen LogP contribution in [0.15, 0.2) is 97.1 Å². The molecule has 4 aromatic carbocycles. The summed E-state index contributed by atoms with van der Waals surface area (Å²) in [6.07, 6.45) is 4.45. The van der Waals surface area contributed by atoms with Gasteiger partial charge in [-0.2, -0.15) is 0 Å². The Kier molecular flexibility index (Phi) is 4.70. The molecule has 158 valence electrons. The Balaban J connectivity index is 1.56. The third kappa shape index (κ3) is 3.09. The van der Waals surface area contributed by atoms with E-state index in [2.05, 4.69) is 95.9 Å². The first kappa shape index (κ1) is 19.1. The van der Waals surface area contributed by atoms with E-state index in [0.29, 0.717) is 0 Å². The maximum atomic E-state index is 6.99. The van der Waals surface area contributed by atoms with Gasteiger partial charge in [-0.25, -0.2) is 0 Å². The summed E-state index contributed by atoms with van der Waals surface area (Å²) in [6.45, 7) is 3.29. The van der Waals surface area contributed by atoms with Crippen LogP contribution in [-0.4, -0.2) is 26.3 Å². The monoisotopic (exact) mass is 419 g/mol. The van der Waals surface area contributed by atoms with Gasteiger partial charge in [0.1, 0.15) is 5.75 Å². The Morgan fingerprint density at radius 1 is 0.688 bits per heavy atom. The second-order valence-corrected chi connectivity index (χ2v) is 8.36. The second-order valence-electron chi connectivity index (χ2n) is 8.36. The molecule has 0 N–H and O–H groups in total. The molecule has 0 bridgehead atoms. The number of fused-ring (bicyclic) bond motifs is 3. The lowest BCUT2D eigenvalue weighted by Crippen LogP contribution is -2.37. The predicted molar refractivity (Wildman–Crippen MR) is 130 cm³/mol. The number of hydrogen-bond donors (Lipinski definition) is 0. The van der Waals surface area contributed by atoms with Crippen molar-refractivity contribution in [2.75, 3.05) is 31.2 Å². The average Bonchev–Trinajstić information content (AvgIpc) is 2.89. The molecule has 6 rings (SSSR count). The second kappa shape index (κ2) is 7.85. The van der Waals surface area contributed by atoms with Gasteiger partial charge < -0.3 is 14.4 Å². The van der Waals surface area contributed by atoms with E-state index in [1.807, 2.05) is 12.1 Å². The number of rotatable bonds is 3. The molecule has 0 aliphatic carbocycles. The summed E-state index contributed by atoms with van der Waals surface area (Å²) >= 11 is 0. The molecular weight excluding hydrogens is 394 g/mol. The summed E-state index contributed by atoms with van der Waals surface area (Å²) in [5.74, 6) is 0.917. The minimum Gasteiger partial charge on any atom is -0.473 e. The molecule has 0 radical (unpaired) electrons. The van der Waals surface area contributed by atoms with E-state index in [4.69, 9.17) is 9.47 Å². The molecule has 4 aromatic rings. The van der Waals surface area contributed by atoms with Crippen LogP contribution in [0.5, 0.6) is 5.75 Å². The van der Waals surface area contributed by atoms with Crippen molar-refractivity contribution < 1.29 is 9.47 Å². The Labute approximate surface area is 188 Å². The number of benzene rings is 4. The van der Waals surface area contributed by atoms with Crippen molar-refractivity contribution in [2.45, 2.75) is 5.60 Å². The topological polar surface area (TPSA) is 21.7 Å². The normalized spacial score (nSPS) is 17.1. The molecule has 1 fully saturated rings. The van der Waals surface area contributed by atoms with Crippen molar-refractivity contribution in [2.24, 2.45) is 0 Å². The van der Waals surface area contributed by atoms with Gasteiger partial charge in [0.05, 0.1) is 13.2 Å². The molecule has 0 atom stereocenters. The first-order chi connectivity index (χ1) is 15.9. The summed E-state index contributed by atoms with van der Waals surface area (Å²) in [4.78, 5) is 2.42. The highest BCUT2D eigenvalue weighted by atomic mass is 16.5. The zero-order chi connectivity index (χ0) is 21.4. The highest BCUT2D eigenvalue weighted by Crippen LogP contribution is 2.46. The first-order valence-electron chi connectivity index (χ1n) is 11.2. The average molecular weight is 420 g/mol. The number of nitrogens with zero attached hydrogens (tertiary/aromatic N) is 1. The first-order valence-corrected chi connectivity index (χ1v) is 11.2. The van der Waals surface area contributed by atoms with Crippen LogP contribution in [-0.2, 0) is 10.3 Å². The van der Waals surface area contributed by atoms with E-state index in [9.17, 15) is 0 Å². The van der Waals surface area contributed by atoms with Crippen LogP contribution in [0.3, 0.4) is 0 Å². The van der Waals surface area contributed by atoms with Gasteiger partial charge in [0.2, 0.25) is 0 Å². The number of anilines is 1. The smallest absolute Gasteiger partial charge is 0.178 e. The Morgan fingerprint density at radius 2 is 1.28 bits per heavy atom. The molecule has 3 nitrogen and oxygen atoms in total. The van der Waals surface area contributed by atoms with Gasteiger partial charge >= 0.3 is 0 Å². The zero-order valence-electron chi connectivity index (χ0n) is 17.9. The fraction of sp³-hybridized carbons (Fsp3) is 0.172. The Morgan fingerprint density at radius 3 is 1.94 bits per heavy atom. The van der Waals surface area contributed by atoms with Crippen LogP contribution in [0.4, 0.5) is 5.69 Å². The molecule has 0 saturated carbocycles. The molecule has 1 saturated heterocycles. The van der Waals surface area contributed by atoms with E-state index in [-0.39, 0.29) is 0 Å². The van der Waals surface area contributed by atoms with Crippen molar-refractivity contribution in [1.29, 1.82) is 0 Å². The van der Waals surface area contributed by atoms with E-state index in [0.717, 1.165) is 48.7 Å². The van der Waals surface area contributed by atoms with E-state index >= 15 is 0 Å². The molecule has 0 aromatic heterocycles. The van der Waals surface area contributed by atoms with Gasteiger partial charge in [-0.15, -0.1) is 0 Å². The van der Waals surface area contributed by atoms with Gasteiger partial charge in [-0.1, -0.05) is 84.9 Å². The van der Waals surface area contributed by atoms with Crippen LogP contribution in [0.1, 0.15) is 16.7 Å². The summed E-state index contributed by atoms with van der Waals surface area (Å²) in [5.41, 5.74) is 3.93. The predicted octanol–water partition coefficient (Wildman–Crippen LogP) is 6.03. The van der Waals surface area contributed by atoms with Gasteiger partial charge in [0, 0.05) is 46.9 Å². The molecule has 0 unspecified atom stereocenters. The molecule has 32 heavy (non-hydrogen) atoms. The van der Waals surface area contributed by atoms with Gasteiger partial charge in [0.25, 0.3) is 0 Å². The molecule has 0 amide bonds. The zero-order valence-corrected chi connectivity index (χ0v) is 17.9. The van der Waals surface area contributed by atoms with Crippen molar-refractivity contribution >= 4 is 22.5 Å². The minimum absolute atomic E-state index is 0.666. The lowest BCUT2D eigenvalue weighted by atomic mass is 9.83. The number of morpholine rings is 1. The summed E-state index contributed by atoms with van der Waals surface area (Å²) < 4.78 is 12.6. The minimum atomic E-state index is -0.666. The van der Waals surface area contributed by atoms with Gasteiger partial charge in [-0.3, -0.25) is 0 Å². The van der Waals surface area contributed by atoms with Crippen LogP contribution < -0.4 is 9.64 Å². The largest absolute Gasteiger partial charge is 0.473 e. The summed E-state index contributed by atoms with van der Waals surface area (Å²) in [6, 6.07) is 31.8. The molecule has 2 aliphatic heterocycles. The van der Waals surface area contributed by atoms with Crippen molar-refractivity contribution in [3.8, 4) is 5.75 Å². The highest BCUT2D eigenvalue weighted by Gasteiger charge is 2.37. The maximum Gasteiger partial charge on any atom is 0.178 e. The fourth-order valence-corrected chi connectivity index (χ4v) is 4.93. The molecule has 0 spiro atoms. The van der Waals surface area contributed by atoms with Crippen molar-refractivity contribution in [3.63, 3.8) is 0 Å². The third-order valence-electron chi connectivity index (χ3n) is 6.54. The van der Waals surface area contributed by atoms with Gasteiger partial charge in [-0.05, 0) is 17.5 Å². The summed E-state index contributed by atoms with van der Waals surface area (Å²) in [5, 5.41) is 2.48. The molecular formula is C29H25NO2. The van der Waals surface area contributed by atoms with Gasteiger partial charge in [0.15, 0.2) is 5.60 Å². The van der Waals surface area contributed by atoms with Crippen LogP contribution in [0.25, 0.3) is 16.8 Å². The van der Waals surface area contributed by atoms with E-state index < -0.39 is 5.60 Å². The standard InChI is InChI=1S/C29H25NO2/c1-3-9-22(10-4-1)29(23-11-5-2-6-12-23)16-15-26-24-13-7-8-14-25(24)27(21-28(26)32-29)30-17-19-31-20-18-30/h1-16,21H,17-20H2. The Hall–Kier alpha value is -3.56. The number of ether oxygens (including phenoxy) is 2.